The zero-order valence-electron chi connectivity index (χ0n) is 13.4. The van der Waals surface area contributed by atoms with Crippen molar-refractivity contribution < 1.29 is 4.79 Å². The fourth-order valence-corrected chi connectivity index (χ4v) is 2.38. The number of carbonyl (C=O) groups excluding carboxylic acids is 1. The topological polar surface area (TPSA) is 85.6 Å². The summed E-state index contributed by atoms with van der Waals surface area (Å²) in [6.07, 6.45) is 8.24. The number of carbonyl (C=O) groups is 1. The number of hydrogen-bond acceptors (Lipinski definition) is 5. The number of pyridine rings is 2. The number of amides is 1. The van der Waals surface area contributed by atoms with Gasteiger partial charge in [0.2, 0.25) is 0 Å². The first-order chi connectivity index (χ1) is 11.8. The Hall–Kier alpha value is -3.09. The van der Waals surface area contributed by atoms with Gasteiger partial charge in [-0.25, -0.2) is 14.6 Å². The van der Waals surface area contributed by atoms with E-state index in [1.54, 1.807) is 29.5 Å². The van der Waals surface area contributed by atoms with Gasteiger partial charge in [-0.05, 0) is 24.6 Å². The molecule has 0 saturated carbocycles. The quantitative estimate of drug-likeness (QED) is 0.749. The first kappa shape index (κ1) is 15.8. The zero-order chi connectivity index (χ0) is 16.8. The van der Waals surface area contributed by atoms with Gasteiger partial charge in [0.05, 0.1) is 0 Å². The van der Waals surface area contributed by atoms with Gasteiger partial charge in [-0.15, -0.1) is 0 Å². The highest BCUT2D eigenvalue weighted by molar-refractivity contribution is 5.94. The number of hydrogen-bond donors (Lipinski definition) is 1. The predicted octanol–water partition coefficient (Wildman–Crippen LogP) is 1.94. The Kier molecular flexibility index (Phi) is 4.90. The fourth-order valence-electron chi connectivity index (χ4n) is 2.38. The van der Waals surface area contributed by atoms with Crippen LogP contribution in [-0.2, 0) is 13.0 Å². The van der Waals surface area contributed by atoms with E-state index >= 15 is 0 Å². The molecule has 0 aliphatic rings. The van der Waals surface area contributed by atoms with Gasteiger partial charge in [0.1, 0.15) is 12.7 Å². The molecule has 3 aromatic rings. The molecule has 0 radical (unpaired) electrons. The molecule has 1 N–H and O–H groups in total. The molecule has 3 aromatic heterocycles. The maximum Gasteiger partial charge on any atom is 0.251 e. The van der Waals surface area contributed by atoms with E-state index in [9.17, 15) is 4.79 Å². The van der Waals surface area contributed by atoms with Crippen molar-refractivity contribution in [3.8, 4) is 5.82 Å². The molecular weight excluding hydrogens is 304 g/mol. The second kappa shape index (κ2) is 7.45. The van der Waals surface area contributed by atoms with Gasteiger partial charge >= 0.3 is 0 Å². The number of aromatic nitrogens is 5. The van der Waals surface area contributed by atoms with Crippen molar-refractivity contribution >= 4 is 5.91 Å². The third kappa shape index (κ3) is 3.62. The van der Waals surface area contributed by atoms with Crippen LogP contribution in [0.15, 0.2) is 49.3 Å². The number of nitrogens with one attached hydrogen (secondary N) is 1. The SMILES string of the molecule is CCCc1cc(C(=O)NCc2cccnc2-n2cncn2)ccn1. The summed E-state index contributed by atoms with van der Waals surface area (Å²) in [6, 6.07) is 7.28. The Morgan fingerprint density at radius 3 is 2.96 bits per heavy atom. The van der Waals surface area contributed by atoms with Crippen LogP contribution in [0.5, 0.6) is 0 Å². The summed E-state index contributed by atoms with van der Waals surface area (Å²) in [5.74, 6) is 0.514. The maximum atomic E-state index is 12.4. The van der Waals surface area contributed by atoms with Crippen molar-refractivity contribution in [1.29, 1.82) is 0 Å². The van der Waals surface area contributed by atoms with Crippen LogP contribution >= 0.6 is 0 Å². The van der Waals surface area contributed by atoms with Gasteiger partial charge in [-0.1, -0.05) is 19.4 Å². The molecule has 0 saturated heterocycles. The molecule has 122 valence electrons. The smallest absolute Gasteiger partial charge is 0.251 e. The van der Waals surface area contributed by atoms with Crippen LogP contribution in [0.25, 0.3) is 5.82 Å². The van der Waals surface area contributed by atoms with E-state index in [1.165, 1.54) is 6.33 Å². The van der Waals surface area contributed by atoms with Crippen LogP contribution in [0.2, 0.25) is 0 Å². The summed E-state index contributed by atoms with van der Waals surface area (Å²) in [4.78, 5) is 24.9. The Labute approximate surface area is 139 Å². The molecule has 0 fully saturated rings. The average molecular weight is 322 g/mol. The highest BCUT2D eigenvalue weighted by Gasteiger charge is 2.10. The number of aryl methyl sites for hydroxylation is 1. The summed E-state index contributed by atoms with van der Waals surface area (Å²) in [5, 5.41) is 7.01. The van der Waals surface area contributed by atoms with Gasteiger partial charge in [-0.2, -0.15) is 5.10 Å². The highest BCUT2D eigenvalue weighted by atomic mass is 16.1. The molecule has 7 nitrogen and oxygen atoms in total. The van der Waals surface area contributed by atoms with Crippen molar-refractivity contribution in [3.63, 3.8) is 0 Å². The summed E-state index contributed by atoms with van der Waals surface area (Å²) in [5.41, 5.74) is 2.40. The molecule has 0 atom stereocenters. The molecule has 0 spiro atoms. The summed E-state index contributed by atoms with van der Waals surface area (Å²) in [6.45, 7) is 2.44. The molecule has 0 aliphatic carbocycles. The monoisotopic (exact) mass is 322 g/mol. The second-order valence-electron chi connectivity index (χ2n) is 5.29. The Balaban J connectivity index is 1.72. The van der Waals surface area contributed by atoms with Crippen molar-refractivity contribution in [2.24, 2.45) is 0 Å². The van der Waals surface area contributed by atoms with Crippen LogP contribution in [0, 0.1) is 0 Å². The standard InChI is InChI=1S/C17H18N6O/c1-2-4-15-9-13(6-8-19-15)17(24)21-10-14-5-3-7-20-16(14)23-12-18-11-22-23/h3,5-9,11-12H,2,4,10H2,1H3,(H,21,24). The molecular formula is C17H18N6O. The minimum Gasteiger partial charge on any atom is -0.348 e. The highest BCUT2D eigenvalue weighted by Crippen LogP contribution is 2.10. The van der Waals surface area contributed by atoms with E-state index < -0.39 is 0 Å². The molecule has 3 heterocycles. The maximum absolute atomic E-state index is 12.4. The largest absolute Gasteiger partial charge is 0.348 e. The number of nitrogens with zero attached hydrogens (tertiary/aromatic N) is 5. The van der Waals surface area contributed by atoms with E-state index in [0.29, 0.717) is 17.9 Å². The molecule has 0 aromatic carbocycles. The van der Waals surface area contributed by atoms with E-state index in [1.807, 2.05) is 18.2 Å². The molecule has 0 unspecified atom stereocenters. The lowest BCUT2D eigenvalue weighted by molar-refractivity contribution is 0.0950. The average Bonchev–Trinajstić information content (AvgIpc) is 3.15. The lowest BCUT2D eigenvalue weighted by atomic mass is 10.1. The van der Waals surface area contributed by atoms with Gasteiger partial charge in [0.15, 0.2) is 5.82 Å². The van der Waals surface area contributed by atoms with Crippen molar-refractivity contribution in [3.05, 3.63) is 66.1 Å². The van der Waals surface area contributed by atoms with E-state index in [0.717, 1.165) is 24.1 Å². The van der Waals surface area contributed by atoms with Crippen LogP contribution in [0.1, 0.15) is 35.0 Å². The third-order valence-electron chi connectivity index (χ3n) is 3.53. The minimum absolute atomic E-state index is 0.136. The van der Waals surface area contributed by atoms with Gasteiger partial charge in [0.25, 0.3) is 5.91 Å². The van der Waals surface area contributed by atoms with Crippen LogP contribution in [-0.4, -0.2) is 30.6 Å². The lowest BCUT2D eigenvalue weighted by Crippen LogP contribution is -2.24. The number of rotatable bonds is 6. The molecule has 0 aliphatic heterocycles. The molecule has 24 heavy (non-hydrogen) atoms. The van der Waals surface area contributed by atoms with Gasteiger partial charge in [-0.3, -0.25) is 9.78 Å². The predicted molar refractivity (Wildman–Crippen MR) is 88.6 cm³/mol. The van der Waals surface area contributed by atoms with Crippen LogP contribution in [0.4, 0.5) is 0 Å². The molecule has 7 heteroatoms. The minimum atomic E-state index is -0.136. The normalized spacial score (nSPS) is 10.5. The third-order valence-corrected chi connectivity index (χ3v) is 3.53. The van der Waals surface area contributed by atoms with Crippen LogP contribution < -0.4 is 5.32 Å². The van der Waals surface area contributed by atoms with Gasteiger partial charge < -0.3 is 5.32 Å². The van der Waals surface area contributed by atoms with E-state index in [4.69, 9.17) is 0 Å². The zero-order valence-corrected chi connectivity index (χ0v) is 13.4. The second-order valence-corrected chi connectivity index (χ2v) is 5.29. The summed E-state index contributed by atoms with van der Waals surface area (Å²) in [7, 11) is 0. The van der Waals surface area contributed by atoms with E-state index in [2.05, 4.69) is 32.3 Å². The Morgan fingerprint density at radius 2 is 2.17 bits per heavy atom. The summed E-state index contributed by atoms with van der Waals surface area (Å²) >= 11 is 0. The van der Waals surface area contributed by atoms with Crippen LogP contribution in [0.3, 0.4) is 0 Å². The Bertz CT molecular complexity index is 815. The Morgan fingerprint density at radius 1 is 1.25 bits per heavy atom. The van der Waals surface area contributed by atoms with Crippen molar-refractivity contribution in [2.45, 2.75) is 26.3 Å². The first-order valence-electron chi connectivity index (χ1n) is 7.80. The van der Waals surface area contributed by atoms with Crippen molar-refractivity contribution in [1.82, 2.24) is 30.0 Å². The molecule has 3 rings (SSSR count). The summed E-state index contributed by atoms with van der Waals surface area (Å²) < 4.78 is 1.58. The van der Waals surface area contributed by atoms with Gasteiger partial charge in [0, 0.05) is 35.8 Å². The fraction of sp³-hybridized carbons (Fsp3) is 0.235. The van der Waals surface area contributed by atoms with Crippen molar-refractivity contribution in [2.75, 3.05) is 0 Å². The van der Waals surface area contributed by atoms with E-state index in [-0.39, 0.29) is 5.91 Å². The molecule has 1 amide bonds. The molecule has 0 bridgehead atoms. The first-order valence-corrected chi connectivity index (χ1v) is 7.80. The lowest BCUT2D eigenvalue weighted by Gasteiger charge is -2.10.